The number of hydrogen-bond acceptors (Lipinski definition) is 5. The molecule has 1 N–H and O–H groups in total. The molecule has 4 rings (SSSR count). The monoisotopic (exact) mass is 448 g/mol. The number of halogens is 1. The lowest BCUT2D eigenvalue weighted by Gasteiger charge is -2.36. The number of piperidine rings is 1. The highest BCUT2D eigenvalue weighted by Gasteiger charge is 2.26. The first-order valence-corrected chi connectivity index (χ1v) is 10.7. The van der Waals surface area contributed by atoms with Crippen molar-refractivity contribution in [3.63, 3.8) is 0 Å². The number of likely N-dealkylation sites (tertiary alicyclic amines) is 1. The Morgan fingerprint density at radius 2 is 2.06 bits per heavy atom. The molecular formula is C24H25FN6O2. The van der Waals surface area contributed by atoms with Crippen molar-refractivity contribution in [2.75, 3.05) is 27.2 Å². The standard InChI is InChI=1S/C24H25FN6O2/c1-15-19(8-6-16(11-26)22(15)25)20-13-28-31(24(20)33)21-9-7-17(12-27-21)23(32)30-10-4-5-18(14-30)29(2)3/h6-9,12-13,18,28H,4-5,10,14H2,1-3H3/t18-/m0/s1. The number of nitrogens with one attached hydrogen (secondary N) is 1. The van der Waals surface area contributed by atoms with Crippen molar-refractivity contribution in [2.24, 2.45) is 0 Å². The van der Waals surface area contributed by atoms with Crippen LogP contribution in [0.1, 0.15) is 34.3 Å². The molecule has 33 heavy (non-hydrogen) atoms. The molecule has 0 aliphatic carbocycles. The smallest absolute Gasteiger partial charge is 0.280 e. The lowest BCUT2D eigenvalue weighted by atomic mass is 10.0. The molecule has 1 aromatic carbocycles. The van der Waals surface area contributed by atoms with Crippen molar-refractivity contribution < 1.29 is 9.18 Å². The second-order valence-electron chi connectivity index (χ2n) is 8.46. The number of amides is 1. The van der Waals surface area contributed by atoms with Gasteiger partial charge in [0.15, 0.2) is 5.82 Å². The lowest BCUT2D eigenvalue weighted by Crippen LogP contribution is -2.47. The maximum absolute atomic E-state index is 14.4. The van der Waals surface area contributed by atoms with Crippen LogP contribution in [0.5, 0.6) is 0 Å². The van der Waals surface area contributed by atoms with Gasteiger partial charge in [0.2, 0.25) is 0 Å². The summed E-state index contributed by atoms with van der Waals surface area (Å²) in [5, 5.41) is 11.8. The van der Waals surface area contributed by atoms with E-state index in [1.165, 1.54) is 30.1 Å². The Morgan fingerprint density at radius 1 is 1.27 bits per heavy atom. The van der Waals surface area contributed by atoms with E-state index in [-0.39, 0.29) is 22.6 Å². The summed E-state index contributed by atoms with van der Waals surface area (Å²) in [5.41, 5.74) is 0.879. The van der Waals surface area contributed by atoms with Crippen LogP contribution in [0.15, 0.2) is 41.5 Å². The molecule has 0 radical (unpaired) electrons. The second-order valence-corrected chi connectivity index (χ2v) is 8.46. The number of H-pyrrole nitrogens is 1. The summed E-state index contributed by atoms with van der Waals surface area (Å²) in [4.78, 5) is 34.2. The van der Waals surface area contributed by atoms with E-state index in [9.17, 15) is 14.0 Å². The third-order valence-electron chi connectivity index (χ3n) is 6.21. The van der Waals surface area contributed by atoms with Gasteiger partial charge in [-0.15, -0.1) is 0 Å². The van der Waals surface area contributed by atoms with Crippen molar-refractivity contribution in [1.82, 2.24) is 24.6 Å². The van der Waals surface area contributed by atoms with Crippen LogP contribution in [0.2, 0.25) is 0 Å². The number of rotatable bonds is 4. The Kier molecular flexibility index (Phi) is 6.11. The van der Waals surface area contributed by atoms with E-state index in [0.717, 1.165) is 12.8 Å². The Morgan fingerprint density at radius 3 is 2.73 bits per heavy atom. The lowest BCUT2D eigenvalue weighted by molar-refractivity contribution is 0.0634. The topological polar surface area (TPSA) is 98.0 Å². The predicted octanol–water partition coefficient (Wildman–Crippen LogP) is 2.71. The zero-order valence-corrected chi connectivity index (χ0v) is 18.8. The first kappa shape index (κ1) is 22.4. The zero-order valence-electron chi connectivity index (χ0n) is 18.8. The fraction of sp³-hybridized carbons (Fsp3) is 0.333. The van der Waals surface area contributed by atoms with Crippen molar-refractivity contribution in [1.29, 1.82) is 5.26 Å². The summed E-state index contributed by atoms with van der Waals surface area (Å²) in [7, 11) is 4.04. The Balaban J connectivity index is 1.58. The quantitative estimate of drug-likeness (QED) is 0.662. The van der Waals surface area contributed by atoms with Gasteiger partial charge in [0, 0.05) is 31.5 Å². The molecular weight excluding hydrogens is 423 g/mol. The van der Waals surface area contributed by atoms with Crippen molar-refractivity contribution in [2.45, 2.75) is 25.8 Å². The molecule has 1 atom stereocenters. The number of aromatic amines is 1. The van der Waals surface area contributed by atoms with Gasteiger partial charge in [-0.1, -0.05) is 6.07 Å². The normalized spacial score (nSPS) is 16.1. The van der Waals surface area contributed by atoms with Gasteiger partial charge in [0.1, 0.15) is 11.9 Å². The van der Waals surface area contributed by atoms with Gasteiger partial charge in [-0.3, -0.25) is 14.7 Å². The van der Waals surface area contributed by atoms with Gasteiger partial charge in [-0.05, 0) is 63.2 Å². The first-order valence-electron chi connectivity index (χ1n) is 10.7. The molecule has 1 aliphatic rings. The predicted molar refractivity (Wildman–Crippen MR) is 122 cm³/mol. The summed E-state index contributed by atoms with van der Waals surface area (Å²) in [6.07, 6.45) is 4.97. The minimum absolute atomic E-state index is 0.0698. The van der Waals surface area contributed by atoms with Crippen molar-refractivity contribution >= 4 is 5.91 Å². The van der Waals surface area contributed by atoms with Gasteiger partial charge in [0.25, 0.3) is 11.5 Å². The molecule has 0 unspecified atom stereocenters. The number of hydrogen-bond donors (Lipinski definition) is 1. The molecule has 0 bridgehead atoms. The minimum atomic E-state index is -0.641. The van der Waals surface area contributed by atoms with Crippen LogP contribution >= 0.6 is 0 Å². The van der Waals surface area contributed by atoms with Gasteiger partial charge in [0.05, 0.1) is 16.7 Å². The zero-order chi connectivity index (χ0) is 23.7. The van der Waals surface area contributed by atoms with E-state index in [1.807, 2.05) is 19.0 Å². The Bertz CT molecular complexity index is 1290. The number of carbonyl (C=O) groups excluding carboxylic acids is 1. The van der Waals surface area contributed by atoms with Crippen molar-refractivity contribution in [3.05, 3.63) is 69.5 Å². The number of aromatic nitrogens is 3. The molecule has 1 fully saturated rings. The van der Waals surface area contributed by atoms with Crippen LogP contribution in [0.4, 0.5) is 4.39 Å². The maximum atomic E-state index is 14.4. The van der Waals surface area contributed by atoms with Gasteiger partial charge in [-0.25, -0.2) is 14.1 Å². The molecule has 9 heteroatoms. The molecule has 170 valence electrons. The van der Waals surface area contributed by atoms with E-state index in [0.29, 0.717) is 36.1 Å². The first-order chi connectivity index (χ1) is 15.8. The highest BCUT2D eigenvalue weighted by atomic mass is 19.1. The molecule has 0 spiro atoms. The number of carbonyl (C=O) groups is 1. The van der Waals surface area contributed by atoms with Crippen LogP contribution in [0, 0.1) is 24.1 Å². The third kappa shape index (κ3) is 4.17. The van der Waals surface area contributed by atoms with E-state index in [4.69, 9.17) is 5.26 Å². The van der Waals surface area contributed by atoms with Crippen LogP contribution in [0.25, 0.3) is 16.9 Å². The summed E-state index contributed by atoms with van der Waals surface area (Å²) in [5.74, 6) is -0.402. The summed E-state index contributed by atoms with van der Waals surface area (Å²) < 4.78 is 15.6. The van der Waals surface area contributed by atoms with E-state index >= 15 is 0 Å². The van der Waals surface area contributed by atoms with E-state index in [1.54, 1.807) is 24.3 Å². The average Bonchev–Trinajstić information content (AvgIpc) is 3.21. The van der Waals surface area contributed by atoms with Gasteiger partial charge in [-0.2, -0.15) is 5.26 Å². The van der Waals surface area contributed by atoms with Crippen LogP contribution in [-0.2, 0) is 0 Å². The Hall–Kier alpha value is -3.77. The number of likely N-dealkylation sites (N-methyl/N-ethyl adjacent to an activating group) is 1. The largest absolute Gasteiger partial charge is 0.337 e. The molecule has 1 amide bonds. The molecule has 1 saturated heterocycles. The molecule has 8 nitrogen and oxygen atoms in total. The third-order valence-corrected chi connectivity index (χ3v) is 6.21. The van der Waals surface area contributed by atoms with Gasteiger partial charge >= 0.3 is 0 Å². The van der Waals surface area contributed by atoms with Crippen molar-refractivity contribution in [3.8, 4) is 23.0 Å². The summed E-state index contributed by atoms with van der Waals surface area (Å²) in [6, 6.07) is 8.31. The maximum Gasteiger partial charge on any atom is 0.280 e. The summed E-state index contributed by atoms with van der Waals surface area (Å²) >= 11 is 0. The van der Waals surface area contributed by atoms with E-state index in [2.05, 4.69) is 15.0 Å². The summed E-state index contributed by atoms with van der Waals surface area (Å²) in [6.45, 7) is 2.92. The SMILES string of the molecule is Cc1c(-c2c[nH]n(-c3ccc(C(=O)N4CCC[C@H](N(C)C)C4)cn3)c2=O)ccc(C#N)c1F. The highest BCUT2D eigenvalue weighted by Crippen LogP contribution is 2.25. The van der Waals surface area contributed by atoms with E-state index < -0.39 is 11.4 Å². The van der Waals surface area contributed by atoms with Crippen LogP contribution in [-0.4, -0.2) is 63.7 Å². The second kappa shape index (κ2) is 9.00. The highest BCUT2D eigenvalue weighted by molar-refractivity contribution is 5.94. The average molecular weight is 449 g/mol. The minimum Gasteiger partial charge on any atom is -0.337 e. The number of pyridine rings is 1. The molecule has 3 aromatic rings. The van der Waals surface area contributed by atoms with Crippen LogP contribution in [0.3, 0.4) is 0 Å². The molecule has 1 aliphatic heterocycles. The Labute approximate surface area is 190 Å². The van der Waals surface area contributed by atoms with Gasteiger partial charge < -0.3 is 9.80 Å². The molecule has 2 aromatic heterocycles. The fourth-order valence-corrected chi connectivity index (χ4v) is 4.18. The van der Waals surface area contributed by atoms with Crippen LogP contribution < -0.4 is 5.56 Å². The molecule has 3 heterocycles. The molecule has 0 saturated carbocycles. The fourth-order valence-electron chi connectivity index (χ4n) is 4.18. The number of nitriles is 1. The number of benzene rings is 1. The number of nitrogens with zero attached hydrogens (tertiary/aromatic N) is 5.